The number of nitro benzene ring substituents is 1. The summed E-state index contributed by atoms with van der Waals surface area (Å²) >= 11 is 5.66. The van der Waals surface area contributed by atoms with Gasteiger partial charge in [-0.3, -0.25) is 10.1 Å². The van der Waals surface area contributed by atoms with Crippen molar-refractivity contribution in [2.24, 2.45) is 0 Å². The monoisotopic (exact) mass is 344 g/mol. The van der Waals surface area contributed by atoms with Gasteiger partial charge in [-0.1, -0.05) is 11.6 Å². The SMILES string of the molecule is COC(=O)c1cccn1S(=O)(=O)c1ccc(Cl)cc1[N+](=O)[O-]. The molecule has 0 saturated heterocycles. The molecule has 0 atom stereocenters. The van der Waals surface area contributed by atoms with Crippen LogP contribution in [0.25, 0.3) is 0 Å². The number of hydrogen-bond donors (Lipinski definition) is 0. The van der Waals surface area contributed by atoms with Crippen LogP contribution in [0.5, 0.6) is 0 Å². The standard InChI is InChI=1S/C12H9ClN2O6S/c1-21-12(16)9-3-2-6-14(9)22(19,20)11-5-4-8(13)7-10(11)15(17)18/h2-7H,1H3. The van der Waals surface area contributed by atoms with E-state index in [9.17, 15) is 23.3 Å². The zero-order valence-electron chi connectivity index (χ0n) is 11.1. The van der Waals surface area contributed by atoms with Crippen LogP contribution in [0.15, 0.2) is 41.4 Å². The van der Waals surface area contributed by atoms with Gasteiger partial charge in [0.25, 0.3) is 15.7 Å². The van der Waals surface area contributed by atoms with Crippen molar-refractivity contribution < 1.29 is 22.9 Å². The average molecular weight is 345 g/mol. The average Bonchev–Trinajstić information content (AvgIpc) is 2.96. The van der Waals surface area contributed by atoms with E-state index in [0.29, 0.717) is 3.97 Å². The largest absolute Gasteiger partial charge is 0.464 e. The molecule has 0 radical (unpaired) electrons. The van der Waals surface area contributed by atoms with Crippen LogP contribution in [-0.4, -0.2) is 30.4 Å². The Bertz CT molecular complexity index is 858. The number of nitrogens with zero attached hydrogens (tertiary/aromatic N) is 2. The summed E-state index contributed by atoms with van der Waals surface area (Å²) in [5, 5.41) is 11.1. The Balaban J connectivity index is 2.70. The number of carbonyl (C=O) groups excluding carboxylic acids is 1. The predicted molar refractivity (Wildman–Crippen MR) is 76.5 cm³/mol. The van der Waals surface area contributed by atoms with Crippen molar-refractivity contribution in [3.63, 3.8) is 0 Å². The summed E-state index contributed by atoms with van der Waals surface area (Å²) in [6, 6.07) is 5.69. The lowest BCUT2D eigenvalue weighted by atomic mass is 10.3. The quantitative estimate of drug-likeness (QED) is 0.477. The molecule has 1 aromatic heterocycles. The number of aromatic nitrogens is 1. The molecule has 0 aliphatic rings. The normalized spacial score (nSPS) is 11.2. The summed E-state index contributed by atoms with van der Waals surface area (Å²) in [6.45, 7) is 0. The minimum atomic E-state index is -4.36. The lowest BCUT2D eigenvalue weighted by molar-refractivity contribution is -0.387. The van der Waals surface area contributed by atoms with Crippen LogP contribution in [-0.2, 0) is 14.8 Å². The highest BCUT2D eigenvalue weighted by Gasteiger charge is 2.30. The van der Waals surface area contributed by atoms with Gasteiger partial charge < -0.3 is 4.74 Å². The molecule has 116 valence electrons. The second kappa shape index (κ2) is 5.78. The number of ether oxygens (including phenoxy) is 1. The van der Waals surface area contributed by atoms with Gasteiger partial charge in [-0.2, -0.15) is 0 Å². The topological polar surface area (TPSA) is 109 Å². The van der Waals surface area contributed by atoms with Gasteiger partial charge in [0.2, 0.25) is 0 Å². The number of esters is 1. The molecule has 0 unspecified atom stereocenters. The molecule has 0 aliphatic carbocycles. The number of nitro groups is 1. The second-order valence-corrected chi connectivity index (χ2v) is 6.27. The van der Waals surface area contributed by atoms with Crippen molar-refractivity contribution in [1.82, 2.24) is 3.97 Å². The third-order valence-corrected chi connectivity index (χ3v) is 4.73. The van der Waals surface area contributed by atoms with E-state index in [1.807, 2.05) is 0 Å². The first kappa shape index (κ1) is 16.0. The molecule has 0 saturated carbocycles. The molecule has 22 heavy (non-hydrogen) atoms. The summed E-state index contributed by atoms with van der Waals surface area (Å²) < 4.78 is 30.3. The van der Waals surface area contributed by atoms with Crippen molar-refractivity contribution in [3.8, 4) is 0 Å². The number of halogens is 1. The minimum absolute atomic E-state index is 0.0198. The summed E-state index contributed by atoms with van der Waals surface area (Å²) in [5.41, 5.74) is -0.955. The minimum Gasteiger partial charge on any atom is -0.464 e. The van der Waals surface area contributed by atoms with Gasteiger partial charge >= 0.3 is 5.97 Å². The molecule has 0 bridgehead atoms. The fourth-order valence-electron chi connectivity index (χ4n) is 1.80. The van der Waals surface area contributed by atoms with Crippen molar-refractivity contribution in [1.29, 1.82) is 0 Å². The molecule has 0 N–H and O–H groups in total. The fraction of sp³-hybridized carbons (Fsp3) is 0.0833. The van der Waals surface area contributed by atoms with Crippen molar-refractivity contribution in [2.45, 2.75) is 4.90 Å². The van der Waals surface area contributed by atoms with Crippen LogP contribution in [0.1, 0.15) is 10.5 Å². The highest BCUT2D eigenvalue weighted by Crippen LogP contribution is 2.29. The van der Waals surface area contributed by atoms with Crippen LogP contribution < -0.4 is 0 Å². The van der Waals surface area contributed by atoms with E-state index in [-0.39, 0.29) is 10.7 Å². The Morgan fingerprint density at radius 1 is 1.36 bits per heavy atom. The maximum atomic E-state index is 12.6. The first-order chi connectivity index (χ1) is 10.3. The molecular weight excluding hydrogens is 336 g/mol. The molecule has 10 heteroatoms. The summed E-state index contributed by atoms with van der Waals surface area (Å²) in [4.78, 5) is 21.2. The molecule has 2 rings (SSSR count). The van der Waals surface area contributed by atoms with Gasteiger partial charge in [0, 0.05) is 17.3 Å². The van der Waals surface area contributed by atoms with Gasteiger partial charge in [0.05, 0.1) is 12.0 Å². The molecule has 0 aliphatic heterocycles. The van der Waals surface area contributed by atoms with E-state index >= 15 is 0 Å². The van der Waals surface area contributed by atoms with E-state index in [2.05, 4.69) is 4.74 Å². The number of hydrogen-bond acceptors (Lipinski definition) is 6. The Kier molecular flexibility index (Phi) is 4.20. The zero-order chi connectivity index (χ0) is 16.5. The molecular formula is C12H9ClN2O6S. The van der Waals surface area contributed by atoms with E-state index in [1.165, 1.54) is 18.2 Å². The van der Waals surface area contributed by atoms with E-state index in [4.69, 9.17) is 11.6 Å². The summed E-state index contributed by atoms with van der Waals surface area (Å²) in [5.74, 6) is -0.884. The Morgan fingerprint density at radius 2 is 2.05 bits per heavy atom. The van der Waals surface area contributed by atoms with Crippen LogP contribution in [0.3, 0.4) is 0 Å². The maximum Gasteiger partial charge on any atom is 0.355 e. The maximum absolute atomic E-state index is 12.6. The van der Waals surface area contributed by atoms with Gasteiger partial charge in [-0.25, -0.2) is 17.2 Å². The van der Waals surface area contributed by atoms with E-state index in [0.717, 1.165) is 25.4 Å². The van der Waals surface area contributed by atoms with Crippen LogP contribution in [0.4, 0.5) is 5.69 Å². The third-order valence-electron chi connectivity index (χ3n) is 2.76. The first-order valence-electron chi connectivity index (χ1n) is 5.74. The summed E-state index contributed by atoms with van der Waals surface area (Å²) in [7, 11) is -3.26. The number of benzene rings is 1. The van der Waals surface area contributed by atoms with Gasteiger partial charge in [-0.15, -0.1) is 0 Å². The highest BCUT2D eigenvalue weighted by molar-refractivity contribution is 7.90. The van der Waals surface area contributed by atoms with Crippen LogP contribution >= 0.6 is 11.6 Å². The van der Waals surface area contributed by atoms with Crippen LogP contribution in [0, 0.1) is 10.1 Å². The highest BCUT2D eigenvalue weighted by atomic mass is 35.5. The van der Waals surface area contributed by atoms with E-state index in [1.54, 1.807) is 0 Å². The van der Waals surface area contributed by atoms with Gasteiger partial charge in [0.15, 0.2) is 4.90 Å². The lowest BCUT2D eigenvalue weighted by Crippen LogP contribution is -2.19. The smallest absolute Gasteiger partial charge is 0.355 e. The molecule has 0 fully saturated rings. The predicted octanol–water partition coefficient (Wildman–Crippen LogP) is 2.07. The summed E-state index contributed by atoms with van der Waals surface area (Å²) in [6.07, 6.45) is 1.10. The van der Waals surface area contributed by atoms with Gasteiger partial charge in [0.1, 0.15) is 5.69 Å². The first-order valence-corrected chi connectivity index (χ1v) is 7.56. The second-order valence-electron chi connectivity index (χ2n) is 4.06. The van der Waals surface area contributed by atoms with Crippen molar-refractivity contribution >= 4 is 33.3 Å². The Labute approximate surface area is 130 Å². The Hall–Kier alpha value is -2.39. The lowest BCUT2D eigenvalue weighted by Gasteiger charge is -2.09. The van der Waals surface area contributed by atoms with Crippen molar-refractivity contribution in [3.05, 3.63) is 57.4 Å². The zero-order valence-corrected chi connectivity index (χ0v) is 12.7. The molecule has 8 nitrogen and oxygen atoms in total. The number of methoxy groups -OCH3 is 1. The van der Waals surface area contributed by atoms with E-state index < -0.39 is 31.5 Å². The number of rotatable bonds is 4. The number of carbonyl (C=O) groups is 1. The van der Waals surface area contributed by atoms with Gasteiger partial charge in [-0.05, 0) is 24.3 Å². The van der Waals surface area contributed by atoms with Crippen LogP contribution in [0.2, 0.25) is 5.02 Å². The molecule has 2 aromatic rings. The third kappa shape index (κ3) is 2.68. The molecule has 0 spiro atoms. The Morgan fingerprint density at radius 3 is 2.64 bits per heavy atom. The molecule has 1 aromatic carbocycles. The fourth-order valence-corrected chi connectivity index (χ4v) is 3.44. The van der Waals surface area contributed by atoms with Crippen molar-refractivity contribution in [2.75, 3.05) is 7.11 Å². The molecule has 0 amide bonds. The molecule has 1 heterocycles.